The maximum atomic E-state index is 6.12. The number of nitrogen functional groups attached to an aromatic ring is 1. The van der Waals surface area contributed by atoms with Crippen molar-refractivity contribution in [3.05, 3.63) is 42.1 Å². The van der Waals surface area contributed by atoms with Gasteiger partial charge in [-0.15, -0.1) is 0 Å². The third-order valence-electron chi connectivity index (χ3n) is 3.70. The van der Waals surface area contributed by atoms with Crippen LogP contribution in [-0.2, 0) is 7.05 Å². The van der Waals surface area contributed by atoms with Gasteiger partial charge in [-0.25, -0.2) is 0 Å². The lowest BCUT2D eigenvalue weighted by atomic mass is 10.0. The monoisotopic (exact) mass is 267 g/mol. The summed E-state index contributed by atoms with van der Waals surface area (Å²) in [5.41, 5.74) is 9.71. The van der Waals surface area contributed by atoms with Gasteiger partial charge in [-0.05, 0) is 35.9 Å². The van der Waals surface area contributed by atoms with Gasteiger partial charge in [0.2, 0.25) is 0 Å². The number of benzene rings is 2. The summed E-state index contributed by atoms with van der Waals surface area (Å²) < 4.78 is 7.05. The summed E-state index contributed by atoms with van der Waals surface area (Å²) in [6.07, 6.45) is 0. The highest BCUT2D eigenvalue weighted by molar-refractivity contribution is 5.89. The lowest BCUT2D eigenvalue weighted by Crippen LogP contribution is -1.93. The van der Waals surface area contributed by atoms with Gasteiger partial charge in [0.1, 0.15) is 11.4 Å². The van der Waals surface area contributed by atoms with E-state index in [0.717, 1.165) is 39.2 Å². The first-order valence-corrected chi connectivity index (χ1v) is 6.47. The van der Waals surface area contributed by atoms with Crippen LogP contribution in [0, 0.1) is 6.92 Å². The molecule has 2 N–H and O–H groups in total. The topological polar surface area (TPSA) is 53.1 Å². The average molecular weight is 267 g/mol. The first kappa shape index (κ1) is 12.5. The Bertz CT molecular complexity index is 790. The summed E-state index contributed by atoms with van der Waals surface area (Å²) in [4.78, 5) is 0. The van der Waals surface area contributed by atoms with Crippen LogP contribution >= 0.6 is 0 Å². The Labute approximate surface area is 117 Å². The smallest absolute Gasteiger partial charge is 0.119 e. The standard InChI is InChI=1S/C16H17N3O/c1-10-15(17)16(18-19(10)2)13-5-4-12-9-14(20-3)7-6-11(12)8-13/h4-9H,17H2,1-3H3. The zero-order valence-electron chi connectivity index (χ0n) is 11.8. The van der Waals surface area contributed by atoms with E-state index in [9.17, 15) is 0 Å². The normalized spacial score (nSPS) is 10.9. The molecule has 4 heteroatoms. The minimum Gasteiger partial charge on any atom is -0.497 e. The van der Waals surface area contributed by atoms with E-state index in [4.69, 9.17) is 10.5 Å². The van der Waals surface area contributed by atoms with Crippen LogP contribution in [0.15, 0.2) is 36.4 Å². The fourth-order valence-corrected chi connectivity index (χ4v) is 2.34. The molecule has 3 rings (SSSR count). The third kappa shape index (κ3) is 1.90. The number of hydrogen-bond acceptors (Lipinski definition) is 3. The van der Waals surface area contributed by atoms with Gasteiger partial charge in [0, 0.05) is 12.6 Å². The molecule has 0 saturated carbocycles. The molecular formula is C16H17N3O. The quantitative estimate of drug-likeness (QED) is 0.776. The van der Waals surface area contributed by atoms with Crippen molar-refractivity contribution in [2.24, 2.45) is 7.05 Å². The highest BCUT2D eigenvalue weighted by Gasteiger charge is 2.12. The maximum absolute atomic E-state index is 6.12. The van der Waals surface area contributed by atoms with Crippen molar-refractivity contribution in [3.8, 4) is 17.0 Å². The summed E-state index contributed by atoms with van der Waals surface area (Å²) in [5, 5.41) is 6.77. The number of aryl methyl sites for hydroxylation is 1. The van der Waals surface area contributed by atoms with Gasteiger partial charge < -0.3 is 10.5 Å². The molecule has 3 aromatic rings. The van der Waals surface area contributed by atoms with Crippen LogP contribution in [-0.4, -0.2) is 16.9 Å². The van der Waals surface area contributed by atoms with Crippen LogP contribution in [0.1, 0.15) is 5.69 Å². The van der Waals surface area contributed by atoms with Gasteiger partial charge in [0.05, 0.1) is 18.5 Å². The highest BCUT2D eigenvalue weighted by Crippen LogP contribution is 2.30. The Morgan fingerprint density at radius 1 is 1.10 bits per heavy atom. The molecule has 0 amide bonds. The van der Waals surface area contributed by atoms with E-state index in [0.29, 0.717) is 0 Å². The summed E-state index contributed by atoms with van der Waals surface area (Å²) in [6.45, 7) is 1.97. The molecule has 0 fully saturated rings. The van der Waals surface area contributed by atoms with Crippen molar-refractivity contribution in [2.45, 2.75) is 6.92 Å². The molecule has 0 aliphatic carbocycles. The fraction of sp³-hybridized carbons (Fsp3) is 0.188. The van der Waals surface area contributed by atoms with Crippen LogP contribution in [0.2, 0.25) is 0 Å². The predicted molar refractivity (Wildman–Crippen MR) is 81.9 cm³/mol. The second-order valence-corrected chi connectivity index (χ2v) is 4.90. The first-order chi connectivity index (χ1) is 9.60. The molecule has 0 bridgehead atoms. The number of methoxy groups -OCH3 is 1. The fourth-order valence-electron chi connectivity index (χ4n) is 2.34. The van der Waals surface area contributed by atoms with Crippen LogP contribution in [0.5, 0.6) is 5.75 Å². The van der Waals surface area contributed by atoms with Gasteiger partial charge >= 0.3 is 0 Å². The SMILES string of the molecule is COc1ccc2cc(-c3nn(C)c(C)c3N)ccc2c1. The van der Waals surface area contributed by atoms with Gasteiger partial charge in [-0.1, -0.05) is 18.2 Å². The Morgan fingerprint density at radius 3 is 2.45 bits per heavy atom. The summed E-state index contributed by atoms with van der Waals surface area (Å²) >= 11 is 0. The van der Waals surface area contributed by atoms with Crippen molar-refractivity contribution in [1.29, 1.82) is 0 Å². The van der Waals surface area contributed by atoms with Gasteiger partial charge in [0.15, 0.2) is 0 Å². The molecule has 0 aliphatic rings. The van der Waals surface area contributed by atoms with E-state index < -0.39 is 0 Å². The molecule has 1 aromatic heterocycles. The number of ether oxygens (including phenoxy) is 1. The minimum atomic E-state index is 0.736. The number of anilines is 1. The van der Waals surface area contributed by atoms with Crippen LogP contribution < -0.4 is 10.5 Å². The van der Waals surface area contributed by atoms with E-state index in [-0.39, 0.29) is 0 Å². The molecule has 2 aromatic carbocycles. The zero-order chi connectivity index (χ0) is 14.3. The van der Waals surface area contributed by atoms with Crippen molar-refractivity contribution in [2.75, 3.05) is 12.8 Å². The third-order valence-corrected chi connectivity index (χ3v) is 3.70. The molecule has 4 nitrogen and oxygen atoms in total. The van der Waals surface area contributed by atoms with Gasteiger partial charge in [0.25, 0.3) is 0 Å². The number of aromatic nitrogens is 2. The van der Waals surface area contributed by atoms with Crippen LogP contribution in [0.3, 0.4) is 0 Å². The molecule has 102 valence electrons. The molecule has 0 radical (unpaired) electrons. The van der Waals surface area contributed by atoms with E-state index in [1.165, 1.54) is 0 Å². The Kier molecular flexibility index (Phi) is 2.86. The zero-order valence-corrected chi connectivity index (χ0v) is 11.8. The van der Waals surface area contributed by atoms with E-state index >= 15 is 0 Å². The van der Waals surface area contributed by atoms with Crippen molar-refractivity contribution < 1.29 is 4.74 Å². The largest absolute Gasteiger partial charge is 0.497 e. The first-order valence-electron chi connectivity index (χ1n) is 6.47. The molecule has 1 heterocycles. The number of rotatable bonds is 2. The lowest BCUT2D eigenvalue weighted by molar-refractivity contribution is 0.415. The highest BCUT2D eigenvalue weighted by atomic mass is 16.5. The average Bonchev–Trinajstić information content (AvgIpc) is 2.74. The Morgan fingerprint density at radius 2 is 1.80 bits per heavy atom. The summed E-state index contributed by atoms with van der Waals surface area (Å²) in [6, 6.07) is 12.2. The molecule has 0 spiro atoms. The molecule has 0 unspecified atom stereocenters. The van der Waals surface area contributed by atoms with Crippen molar-refractivity contribution >= 4 is 16.5 Å². The Hall–Kier alpha value is -2.49. The number of hydrogen-bond donors (Lipinski definition) is 1. The molecular weight excluding hydrogens is 250 g/mol. The summed E-state index contributed by atoms with van der Waals surface area (Å²) in [7, 11) is 3.58. The van der Waals surface area contributed by atoms with Crippen molar-refractivity contribution in [1.82, 2.24) is 9.78 Å². The minimum absolute atomic E-state index is 0.736. The molecule has 0 saturated heterocycles. The van der Waals surface area contributed by atoms with Crippen LogP contribution in [0.25, 0.3) is 22.0 Å². The van der Waals surface area contributed by atoms with Gasteiger partial charge in [-0.2, -0.15) is 5.10 Å². The van der Waals surface area contributed by atoms with Crippen LogP contribution in [0.4, 0.5) is 5.69 Å². The Balaban J connectivity index is 2.15. The van der Waals surface area contributed by atoms with Gasteiger partial charge in [-0.3, -0.25) is 4.68 Å². The second kappa shape index (κ2) is 4.56. The number of nitrogens with zero attached hydrogens (tertiary/aromatic N) is 2. The summed E-state index contributed by atoms with van der Waals surface area (Å²) in [5.74, 6) is 0.860. The number of fused-ring (bicyclic) bond motifs is 1. The maximum Gasteiger partial charge on any atom is 0.119 e. The molecule has 0 aliphatic heterocycles. The van der Waals surface area contributed by atoms with E-state index in [1.54, 1.807) is 7.11 Å². The number of nitrogens with two attached hydrogens (primary N) is 1. The van der Waals surface area contributed by atoms with E-state index in [1.807, 2.05) is 42.9 Å². The molecule has 20 heavy (non-hydrogen) atoms. The second-order valence-electron chi connectivity index (χ2n) is 4.90. The van der Waals surface area contributed by atoms with E-state index in [2.05, 4.69) is 17.2 Å². The lowest BCUT2D eigenvalue weighted by Gasteiger charge is -2.05. The molecule has 0 atom stereocenters. The van der Waals surface area contributed by atoms with Crippen molar-refractivity contribution in [3.63, 3.8) is 0 Å². The predicted octanol–water partition coefficient (Wildman–Crippen LogP) is 3.14.